The molecule has 166 valence electrons. The summed E-state index contributed by atoms with van der Waals surface area (Å²) in [6, 6.07) is 5.39. The van der Waals surface area contributed by atoms with Crippen molar-refractivity contribution in [1.82, 2.24) is 4.90 Å². The molecule has 31 heavy (non-hydrogen) atoms. The number of carbonyl (C=O) groups excluding carboxylic acids is 2. The van der Waals surface area contributed by atoms with Crippen molar-refractivity contribution in [2.24, 2.45) is 5.92 Å². The topological polar surface area (TPSA) is 92.8 Å². The maximum absolute atomic E-state index is 13.3. The van der Waals surface area contributed by atoms with Crippen molar-refractivity contribution in [2.75, 3.05) is 18.4 Å². The number of anilines is 1. The van der Waals surface area contributed by atoms with Gasteiger partial charge < -0.3 is 9.64 Å². The quantitative estimate of drug-likeness (QED) is 0.662. The molecule has 1 aromatic heterocycles. The summed E-state index contributed by atoms with van der Waals surface area (Å²) in [5.74, 6) is -0.0868. The van der Waals surface area contributed by atoms with Gasteiger partial charge in [0.2, 0.25) is 5.91 Å². The Morgan fingerprint density at radius 1 is 1.26 bits per heavy atom. The molecule has 0 radical (unpaired) electrons. The summed E-state index contributed by atoms with van der Waals surface area (Å²) in [4.78, 5) is 27.6. The number of hydrogen-bond donors (Lipinski definition) is 1. The number of rotatable bonds is 6. The second-order valence-corrected chi connectivity index (χ2v) is 11.2. The monoisotopic (exact) mass is 462 g/mol. The number of fused-ring (bicyclic) bond motifs is 1. The molecule has 1 amide bonds. The van der Waals surface area contributed by atoms with Gasteiger partial charge in [-0.2, -0.15) is 0 Å². The van der Waals surface area contributed by atoms with Gasteiger partial charge in [0.15, 0.2) is 4.21 Å². The minimum Gasteiger partial charge on any atom is -0.465 e. The summed E-state index contributed by atoms with van der Waals surface area (Å²) < 4.78 is 34.1. The van der Waals surface area contributed by atoms with E-state index in [0.29, 0.717) is 43.1 Å². The molecule has 0 saturated heterocycles. The lowest BCUT2D eigenvalue weighted by Crippen LogP contribution is -2.35. The molecule has 7 nitrogen and oxygen atoms in total. The highest BCUT2D eigenvalue weighted by atomic mass is 32.2. The molecule has 1 saturated carbocycles. The number of sulfonamides is 1. The largest absolute Gasteiger partial charge is 0.465 e. The van der Waals surface area contributed by atoms with E-state index in [4.69, 9.17) is 4.74 Å². The maximum Gasteiger partial charge on any atom is 0.340 e. The lowest BCUT2D eigenvalue weighted by molar-refractivity contribution is -0.132. The van der Waals surface area contributed by atoms with Gasteiger partial charge in [0.25, 0.3) is 10.0 Å². The zero-order valence-electron chi connectivity index (χ0n) is 17.9. The van der Waals surface area contributed by atoms with E-state index in [1.165, 1.54) is 7.11 Å². The minimum atomic E-state index is -4.01. The number of hydrogen-bond acceptors (Lipinski definition) is 6. The van der Waals surface area contributed by atoms with Crippen molar-refractivity contribution in [1.29, 1.82) is 0 Å². The first-order valence-electron chi connectivity index (χ1n) is 10.3. The third-order valence-corrected chi connectivity index (χ3v) is 9.12. The molecule has 1 aromatic carbocycles. The van der Waals surface area contributed by atoms with Crippen LogP contribution in [0.5, 0.6) is 0 Å². The van der Waals surface area contributed by atoms with Crippen LogP contribution in [0.4, 0.5) is 5.69 Å². The van der Waals surface area contributed by atoms with Gasteiger partial charge in [-0.3, -0.25) is 9.52 Å². The molecule has 1 aliphatic carbocycles. The Labute approximate surface area is 186 Å². The van der Waals surface area contributed by atoms with Crippen LogP contribution in [0.25, 0.3) is 0 Å². The first-order chi connectivity index (χ1) is 14.7. The Morgan fingerprint density at radius 2 is 2.00 bits per heavy atom. The van der Waals surface area contributed by atoms with Crippen LogP contribution in [0, 0.1) is 19.8 Å². The SMILES string of the molecule is COC(=O)c1c(S(=O)(=O)Nc2cccc(C)c2C)sc2c1CCN(C(=O)CC1CC1)C2. The highest BCUT2D eigenvalue weighted by Gasteiger charge is 2.36. The number of nitrogens with zero attached hydrogens (tertiary/aromatic N) is 1. The predicted molar refractivity (Wildman–Crippen MR) is 119 cm³/mol. The lowest BCUT2D eigenvalue weighted by atomic mass is 10.0. The average molecular weight is 463 g/mol. The van der Waals surface area contributed by atoms with Crippen LogP contribution < -0.4 is 4.72 Å². The van der Waals surface area contributed by atoms with Gasteiger partial charge >= 0.3 is 5.97 Å². The number of thiophene rings is 1. The van der Waals surface area contributed by atoms with E-state index in [1.807, 2.05) is 19.9 Å². The van der Waals surface area contributed by atoms with Crippen LogP contribution in [0.2, 0.25) is 0 Å². The van der Waals surface area contributed by atoms with Gasteiger partial charge in [-0.05, 0) is 61.8 Å². The number of amides is 1. The number of nitrogens with one attached hydrogen (secondary N) is 1. The number of carbonyl (C=O) groups is 2. The van der Waals surface area contributed by atoms with Crippen LogP contribution in [-0.2, 0) is 32.5 Å². The van der Waals surface area contributed by atoms with Gasteiger partial charge in [0.05, 0.1) is 24.9 Å². The van der Waals surface area contributed by atoms with Crippen LogP contribution in [0.15, 0.2) is 22.4 Å². The minimum absolute atomic E-state index is 0.0539. The number of methoxy groups -OCH3 is 1. The first kappa shape index (κ1) is 21.8. The van der Waals surface area contributed by atoms with Crippen molar-refractivity contribution >= 4 is 38.9 Å². The fourth-order valence-corrected chi connectivity index (χ4v) is 6.86. The average Bonchev–Trinajstić information content (AvgIpc) is 3.46. The van der Waals surface area contributed by atoms with Crippen LogP contribution in [0.1, 0.15) is 51.2 Å². The van der Waals surface area contributed by atoms with Gasteiger partial charge in [-0.15, -0.1) is 11.3 Å². The van der Waals surface area contributed by atoms with E-state index in [9.17, 15) is 18.0 Å². The standard InChI is InChI=1S/C22H26N2O5S2/c1-13-5-4-6-17(14(13)2)23-31(27,28)22-20(21(26)29-3)16-9-10-24(12-18(16)30-22)19(25)11-15-7-8-15/h4-6,15,23H,7-12H2,1-3H3. The third kappa shape index (κ3) is 4.34. The summed E-state index contributed by atoms with van der Waals surface area (Å²) in [7, 11) is -2.77. The Balaban J connectivity index is 1.69. The Hall–Kier alpha value is -2.39. The number of ether oxygens (including phenoxy) is 1. The highest BCUT2D eigenvalue weighted by molar-refractivity contribution is 7.94. The van der Waals surface area contributed by atoms with E-state index in [1.54, 1.807) is 17.0 Å². The normalized spacial score (nSPS) is 16.0. The molecular weight excluding hydrogens is 436 g/mol. The van der Waals surface area contributed by atoms with Gasteiger partial charge in [0, 0.05) is 17.8 Å². The van der Waals surface area contributed by atoms with Crippen LogP contribution in [-0.4, -0.2) is 38.8 Å². The summed E-state index contributed by atoms with van der Waals surface area (Å²) in [5.41, 5.74) is 3.03. The van der Waals surface area contributed by atoms with Gasteiger partial charge in [0.1, 0.15) is 0 Å². The van der Waals surface area contributed by atoms with E-state index >= 15 is 0 Å². The zero-order valence-corrected chi connectivity index (χ0v) is 19.5. The lowest BCUT2D eigenvalue weighted by Gasteiger charge is -2.27. The maximum atomic E-state index is 13.3. The van der Waals surface area contributed by atoms with Crippen LogP contribution in [0.3, 0.4) is 0 Å². The van der Waals surface area contributed by atoms with E-state index in [0.717, 1.165) is 40.2 Å². The third-order valence-electron chi connectivity index (χ3n) is 6.02. The number of esters is 1. The molecule has 0 atom stereocenters. The highest BCUT2D eigenvalue weighted by Crippen LogP contribution is 2.39. The summed E-state index contributed by atoms with van der Waals surface area (Å²) >= 11 is 1.05. The predicted octanol–water partition coefficient (Wildman–Crippen LogP) is 3.64. The van der Waals surface area contributed by atoms with Crippen LogP contribution >= 0.6 is 11.3 Å². The molecule has 0 spiro atoms. The Bertz CT molecular complexity index is 1150. The van der Waals surface area contributed by atoms with Crippen molar-refractivity contribution in [3.63, 3.8) is 0 Å². The van der Waals surface area contributed by atoms with Crippen molar-refractivity contribution in [2.45, 2.75) is 50.3 Å². The van der Waals surface area contributed by atoms with Crippen molar-refractivity contribution in [3.05, 3.63) is 45.3 Å². The van der Waals surface area contributed by atoms with Crippen molar-refractivity contribution < 1.29 is 22.7 Å². The summed E-state index contributed by atoms with van der Waals surface area (Å²) in [6.45, 7) is 4.55. The smallest absolute Gasteiger partial charge is 0.340 e. The molecule has 0 unspecified atom stereocenters. The molecule has 2 aromatic rings. The van der Waals surface area contributed by atoms with Gasteiger partial charge in [-0.25, -0.2) is 13.2 Å². The van der Waals surface area contributed by atoms with Crippen molar-refractivity contribution in [3.8, 4) is 0 Å². The van der Waals surface area contributed by atoms with E-state index in [-0.39, 0.29) is 15.7 Å². The second kappa shape index (κ2) is 8.27. The number of benzene rings is 1. The molecule has 4 rings (SSSR count). The molecule has 1 N–H and O–H groups in total. The molecule has 2 aliphatic rings. The summed E-state index contributed by atoms with van der Waals surface area (Å²) in [6.07, 6.45) is 3.18. The molecule has 1 aliphatic heterocycles. The fourth-order valence-electron chi connectivity index (χ4n) is 3.84. The molecule has 1 fully saturated rings. The summed E-state index contributed by atoms with van der Waals surface area (Å²) in [5, 5.41) is 0. The fraction of sp³-hybridized carbons (Fsp3) is 0.455. The molecule has 0 bridgehead atoms. The second-order valence-electron chi connectivity index (χ2n) is 8.22. The van der Waals surface area contributed by atoms with E-state index < -0.39 is 16.0 Å². The Kier molecular flexibility index (Phi) is 5.83. The van der Waals surface area contributed by atoms with Gasteiger partial charge in [-0.1, -0.05) is 12.1 Å². The first-order valence-corrected chi connectivity index (χ1v) is 12.6. The zero-order chi connectivity index (χ0) is 22.3. The molecule has 9 heteroatoms. The number of aryl methyl sites for hydroxylation is 1. The van der Waals surface area contributed by atoms with E-state index in [2.05, 4.69) is 4.72 Å². The Morgan fingerprint density at radius 3 is 2.68 bits per heavy atom. The molecular formula is C22H26N2O5S2. The molecule has 2 heterocycles.